The van der Waals surface area contributed by atoms with E-state index in [9.17, 15) is 18.0 Å². The van der Waals surface area contributed by atoms with Crippen molar-refractivity contribution < 1.29 is 58.6 Å². The molecule has 9 nitrogen and oxygen atoms in total. The quantitative estimate of drug-likeness (QED) is 0.226. The number of fused-ring (bicyclic) bond motifs is 1. The molecule has 0 aliphatic carbocycles. The molecule has 1 fully saturated rings. The molecule has 2 aliphatic heterocycles. The zero-order valence-corrected chi connectivity index (χ0v) is 27.3. The number of amides is 2. The number of hydrogen-bond donors (Lipinski definition) is 1. The molecule has 0 saturated carbocycles. The molecule has 2 amide bonds. The third-order valence-corrected chi connectivity index (χ3v) is 8.89. The minimum absolute atomic E-state index is 0. The van der Waals surface area contributed by atoms with Crippen LogP contribution in [0.3, 0.4) is 0 Å². The van der Waals surface area contributed by atoms with Crippen molar-refractivity contribution >= 4 is 38.8 Å². The molecule has 0 radical (unpaired) electrons. The van der Waals surface area contributed by atoms with Crippen LogP contribution in [-0.2, 0) is 24.3 Å². The fraction of sp³-hybridized carbons (Fsp3) is 0.393. The van der Waals surface area contributed by atoms with Crippen molar-refractivity contribution in [3.8, 4) is 5.75 Å². The molecular weight excluding hydrogens is 744 g/mol. The van der Waals surface area contributed by atoms with Gasteiger partial charge in [-0.3, -0.25) is 9.59 Å². The van der Waals surface area contributed by atoms with Gasteiger partial charge < -0.3 is 26.6 Å². The molecule has 4 rings (SSSR count). The third-order valence-electron chi connectivity index (χ3n) is 6.99. The second kappa shape index (κ2) is 13.5. The van der Waals surface area contributed by atoms with Crippen molar-refractivity contribution in [1.82, 2.24) is 4.31 Å². The van der Waals surface area contributed by atoms with Crippen LogP contribution in [0.4, 0.5) is 11.4 Å². The Kier molecular flexibility index (Phi) is 10.8. The molecule has 11 heteroatoms. The molecular formula is C28H33N3O6SU. The number of piperidine rings is 1. The van der Waals surface area contributed by atoms with E-state index in [-0.39, 0.29) is 73.4 Å². The van der Waals surface area contributed by atoms with E-state index in [1.807, 2.05) is 13.0 Å². The van der Waals surface area contributed by atoms with Crippen molar-refractivity contribution in [3.05, 3.63) is 61.0 Å². The maximum absolute atomic E-state index is 13.1. The molecule has 1 N–H and O–H groups in total. The van der Waals surface area contributed by atoms with Crippen LogP contribution in [0.2, 0.25) is 0 Å². The minimum Gasteiger partial charge on any atom is -0.551 e. The number of hydrogen-bond acceptors (Lipinski definition) is 6. The number of nitrogens with one attached hydrogen (secondary N) is 1. The average Bonchev–Trinajstić information content (AvgIpc) is 3.16. The Bertz CT molecular complexity index is 1340. The molecule has 2 aliphatic rings. The van der Waals surface area contributed by atoms with Crippen molar-refractivity contribution in [2.24, 2.45) is 5.92 Å². The van der Waals surface area contributed by atoms with Crippen LogP contribution in [0.5, 0.6) is 5.75 Å². The molecule has 1 saturated heterocycles. The van der Waals surface area contributed by atoms with Crippen LogP contribution < -0.4 is 15.0 Å². The Morgan fingerprint density at radius 2 is 1.97 bits per heavy atom. The van der Waals surface area contributed by atoms with Gasteiger partial charge in [-0.05, 0) is 55.4 Å². The number of methoxy groups -OCH3 is 1. The number of carbonyl (C=O) groups excluding carboxylic acids is 2. The van der Waals surface area contributed by atoms with Gasteiger partial charge in [0.1, 0.15) is 0 Å². The smallest absolute Gasteiger partial charge is 0.551 e. The van der Waals surface area contributed by atoms with Gasteiger partial charge in [-0.25, -0.2) is 8.42 Å². The van der Waals surface area contributed by atoms with Gasteiger partial charge in [0.15, 0.2) is 0 Å². The first kappa shape index (κ1) is 31.4. The number of ether oxygens (including phenoxy) is 2. The molecule has 2 aromatic rings. The number of benzene rings is 2. The molecule has 39 heavy (non-hydrogen) atoms. The van der Waals surface area contributed by atoms with Crippen LogP contribution >= 0.6 is 0 Å². The predicted molar refractivity (Wildman–Crippen MR) is 145 cm³/mol. The van der Waals surface area contributed by atoms with Crippen molar-refractivity contribution in [2.45, 2.75) is 31.1 Å². The molecule has 2 heterocycles. The molecule has 206 valence electrons. The summed E-state index contributed by atoms with van der Waals surface area (Å²) in [6.07, 6.45) is 1.50. The first-order valence-electron chi connectivity index (χ1n) is 12.6. The summed E-state index contributed by atoms with van der Waals surface area (Å²) in [5, 5.41) is 2.99. The minimum atomic E-state index is -3.72. The summed E-state index contributed by atoms with van der Waals surface area (Å²) in [5.41, 5.74) is 3.34. The summed E-state index contributed by atoms with van der Waals surface area (Å²) in [6.45, 7) is 11.2. The largest absolute Gasteiger partial charge is 2.00 e. The number of nitrogens with zero attached hydrogens (tertiary/aromatic N) is 2. The summed E-state index contributed by atoms with van der Waals surface area (Å²) in [7, 11) is -2.10. The van der Waals surface area contributed by atoms with Crippen molar-refractivity contribution in [3.63, 3.8) is 0 Å². The summed E-state index contributed by atoms with van der Waals surface area (Å²) >= 11 is 0. The third kappa shape index (κ3) is 6.60. The van der Waals surface area contributed by atoms with Gasteiger partial charge in [0, 0.05) is 61.8 Å². The summed E-state index contributed by atoms with van der Waals surface area (Å²) in [6, 6.07) is 10.9. The Hall–Kier alpha value is -2.16. The first-order valence-corrected chi connectivity index (χ1v) is 14.0. The van der Waals surface area contributed by atoms with Crippen molar-refractivity contribution in [2.75, 3.05) is 50.2 Å². The monoisotopic (exact) mass is 777 g/mol. The number of rotatable bonds is 10. The van der Waals surface area contributed by atoms with Crippen LogP contribution in [0.25, 0.3) is 5.57 Å². The Morgan fingerprint density at radius 3 is 2.64 bits per heavy atom. The fourth-order valence-corrected chi connectivity index (χ4v) is 6.41. The summed E-state index contributed by atoms with van der Waals surface area (Å²) in [4.78, 5) is 27.7. The second-order valence-electron chi connectivity index (χ2n) is 9.32. The molecule has 0 bridgehead atoms. The van der Waals surface area contributed by atoms with Gasteiger partial charge in [-0.2, -0.15) is 16.4 Å². The summed E-state index contributed by atoms with van der Waals surface area (Å²) < 4.78 is 38.0. The van der Waals surface area contributed by atoms with Crippen LogP contribution in [0.1, 0.15) is 30.4 Å². The summed E-state index contributed by atoms with van der Waals surface area (Å²) in [5.74, 6) is -0.323. The zero-order chi connectivity index (χ0) is 27.4. The van der Waals surface area contributed by atoms with E-state index in [1.54, 1.807) is 18.1 Å². The van der Waals surface area contributed by atoms with Gasteiger partial charge in [0.05, 0.1) is 5.69 Å². The van der Waals surface area contributed by atoms with E-state index >= 15 is 0 Å². The number of sulfonamides is 1. The van der Waals surface area contributed by atoms with Crippen LogP contribution in [0, 0.1) is 56.9 Å². The van der Waals surface area contributed by atoms with E-state index in [0.717, 1.165) is 16.8 Å². The zero-order valence-electron chi connectivity index (χ0n) is 22.3. The Morgan fingerprint density at radius 1 is 1.26 bits per heavy atom. The number of anilines is 2. The fourth-order valence-electron chi connectivity index (χ4n) is 4.93. The maximum atomic E-state index is 13.1. The molecule has 0 atom stereocenters. The van der Waals surface area contributed by atoms with Crippen molar-refractivity contribution in [1.29, 1.82) is 0 Å². The van der Waals surface area contributed by atoms with E-state index in [1.165, 1.54) is 22.5 Å². The second-order valence-corrected chi connectivity index (χ2v) is 11.3. The topological polar surface area (TPSA) is 105 Å². The van der Waals surface area contributed by atoms with E-state index < -0.39 is 10.0 Å². The van der Waals surface area contributed by atoms with Gasteiger partial charge in [0.25, 0.3) is 5.91 Å². The molecule has 0 unspecified atom stereocenters. The normalized spacial score (nSPS) is 16.1. The van der Waals surface area contributed by atoms with Crippen LogP contribution in [-0.4, -0.2) is 64.5 Å². The first-order chi connectivity index (χ1) is 18.2. The molecule has 0 aromatic heterocycles. The van der Waals surface area contributed by atoms with Gasteiger partial charge in [-0.1, -0.05) is 6.58 Å². The standard InChI is InChI=1S/C28H33N3O6S.U/c1-5-37-22-8-6-9-23(18-22)38(34,35)30-15-12-21(13-16-30)27(32)29-24-10-11-25-26(19(24)2)20(3)28(33)31(25)14-7-17-36-4;/h6,9-11,18,21H,1,3,5,7,12-17H2,2,4H3,(H,29,32);/q-2;+2. The molecule has 0 spiro atoms. The van der Waals surface area contributed by atoms with Gasteiger partial charge in [-0.15, -0.1) is 12.1 Å². The molecule has 2 aromatic carbocycles. The van der Waals surface area contributed by atoms with Gasteiger partial charge >= 0.3 is 31.1 Å². The average molecular weight is 778 g/mol. The van der Waals surface area contributed by atoms with Crippen LogP contribution in [0.15, 0.2) is 41.8 Å². The van der Waals surface area contributed by atoms with E-state index in [4.69, 9.17) is 9.47 Å². The van der Waals surface area contributed by atoms with E-state index in [2.05, 4.69) is 24.9 Å². The SMILES string of the molecule is C=C1C(=O)N(CCCOC)c2ccc(NC(=O)C3CCN(S(=O)(=O)c4cc[c-]c(OC[CH2-])c4)CC3)c(C)c21.[U+2]. The predicted octanol–water partition coefficient (Wildman–Crippen LogP) is 3.44. The maximum Gasteiger partial charge on any atom is 2.00 e. The van der Waals surface area contributed by atoms with E-state index in [0.29, 0.717) is 49.4 Å². The Balaban J connectivity index is 0.00000420. The van der Waals surface area contributed by atoms with Gasteiger partial charge in [0.2, 0.25) is 15.9 Å². The Labute approximate surface area is 254 Å². The number of carbonyl (C=O) groups is 2.